The fraction of sp³-hybridized carbons (Fsp3) is 0.520. The van der Waals surface area contributed by atoms with E-state index in [-0.39, 0.29) is 11.7 Å². The summed E-state index contributed by atoms with van der Waals surface area (Å²) in [6.07, 6.45) is 8.43. The lowest BCUT2D eigenvalue weighted by Gasteiger charge is -2.35. The van der Waals surface area contributed by atoms with Crippen molar-refractivity contribution in [2.24, 2.45) is 11.8 Å². The van der Waals surface area contributed by atoms with Crippen LogP contribution in [0.15, 0.2) is 36.7 Å². The number of ether oxygens (including phenoxy) is 3. The summed E-state index contributed by atoms with van der Waals surface area (Å²) < 4.78 is 17.2. The van der Waals surface area contributed by atoms with E-state index in [4.69, 9.17) is 14.2 Å². The number of hydrogen-bond donors (Lipinski definition) is 1. The zero-order valence-electron chi connectivity index (χ0n) is 18.8. The summed E-state index contributed by atoms with van der Waals surface area (Å²) in [6.45, 7) is 4.97. The van der Waals surface area contributed by atoms with Crippen LogP contribution in [-0.2, 0) is 4.74 Å². The molecule has 0 spiro atoms. The van der Waals surface area contributed by atoms with E-state index >= 15 is 0 Å². The first-order valence-corrected chi connectivity index (χ1v) is 11.4. The average molecular weight is 441 g/mol. The third-order valence-corrected chi connectivity index (χ3v) is 6.58. The van der Waals surface area contributed by atoms with Crippen molar-refractivity contribution in [3.05, 3.63) is 47.8 Å². The lowest BCUT2D eigenvalue weighted by molar-refractivity contribution is 0.0396. The van der Waals surface area contributed by atoms with E-state index in [1.165, 1.54) is 32.8 Å². The molecule has 1 unspecified atom stereocenters. The second-order valence-electron chi connectivity index (χ2n) is 8.89. The van der Waals surface area contributed by atoms with Gasteiger partial charge in [0.05, 0.1) is 38.4 Å². The van der Waals surface area contributed by atoms with E-state index in [0.717, 1.165) is 36.1 Å². The fourth-order valence-corrected chi connectivity index (χ4v) is 4.55. The Morgan fingerprint density at radius 1 is 1.22 bits per heavy atom. The number of carboxylic acid groups (broad SMARTS) is 1. The smallest absolute Gasteiger partial charge is 0.339 e. The molecule has 7 nitrogen and oxygen atoms in total. The molecular weight excluding hydrogens is 408 g/mol. The molecule has 1 aliphatic carbocycles. The van der Waals surface area contributed by atoms with Crippen LogP contribution in [0, 0.1) is 11.8 Å². The summed E-state index contributed by atoms with van der Waals surface area (Å²) in [5.41, 5.74) is 1.94. The van der Waals surface area contributed by atoms with E-state index in [2.05, 4.69) is 16.8 Å². The molecule has 1 saturated heterocycles. The fourth-order valence-electron chi connectivity index (χ4n) is 4.55. The maximum Gasteiger partial charge on any atom is 0.339 e. The molecule has 7 heteroatoms. The van der Waals surface area contributed by atoms with Crippen LogP contribution in [-0.4, -0.2) is 49.5 Å². The number of nitrogens with zero attached hydrogens (tertiary/aromatic N) is 2. The standard InChI is InChI=1S/C25H32N2O5/c1-17-3-5-18(6-4-17)16-32-21-12-20(13-26-14-21)27-9-10-31-24(15-27)19-7-8-23(30-2)22(11-19)25(28)29/h7-8,11-14,17-18,24H,3-6,9-10,15-16H2,1-2H3,(H,28,29). The quantitative estimate of drug-likeness (QED) is 0.675. The summed E-state index contributed by atoms with van der Waals surface area (Å²) >= 11 is 0. The van der Waals surface area contributed by atoms with Gasteiger partial charge in [0, 0.05) is 19.2 Å². The number of carboxylic acids is 1. The highest BCUT2D eigenvalue weighted by atomic mass is 16.5. The van der Waals surface area contributed by atoms with Crippen molar-refractivity contribution in [2.75, 3.05) is 38.3 Å². The molecule has 0 bridgehead atoms. The lowest BCUT2D eigenvalue weighted by atomic mass is 9.83. The van der Waals surface area contributed by atoms with Crippen LogP contribution in [0.25, 0.3) is 0 Å². The summed E-state index contributed by atoms with van der Waals surface area (Å²) in [5, 5.41) is 9.48. The second-order valence-corrected chi connectivity index (χ2v) is 8.89. The lowest BCUT2D eigenvalue weighted by Crippen LogP contribution is -2.38. The molecule has 2 aromatic rings. The topological polar surface area (TPSA) is 81.1 Å². The largest absolute Gasteiger partial charge is 0.496 e. The van der Waals surface area contributed by atoms with Gasteiger partial charge in [-0.15, -0.1) is 0 Å². The minimum Gasteiger partial charge on any atom is -0.496 e. The number of benzene rings is 1. The predicted octanol–water partition coefficient (Wildman–Crippen LogP) is 4.57. The molecule has 1 aromatic heterocycles. The van der Waals surface area contributed by atoms with Crippen LogP contribution < -0.4 is 14.4 Å². The van der Waals surface area contributed by atoms with Crippen molar-refractivity contribution in [3.63, 3.8) is 0 Å². The Morgan fingerprint density at radius 3 is 2.78 bits per heavy atom. The number of rotatable bonds is 7. The zero-order chi connectivity index (χ0) is 22.5. The van der Waals surface area contributed by atoms with Gasteiger partial charge in [-0.05, 0) is 42.4 Å². The normalized spacial score (nSPS) is 23.6. The first-order chi connectivity index (χ1) is 15.5. The molecule has 1 N–H and O–H groups in total. The van der Waals surface area contributed by atoms with Crippen LogP contribution in [0.4, 0.5) is 5.69 Å². The van der Waals surface area contributed by atoms with E-state index < -0.39 is 5.97 Å². The van der Waals surface area contributed by atoms with Crippen molar-refractivity contribution in [1.29, 1.82) is 0 Å². The van der Waals surface area contributed by atoms with Gasteiger partial charge in [0.15, 0.2) is 0 Å². The van der Waals surface area contributed by atoms with Gasteiger partial charge in [0.2, 0.25) is 0 Å². The van der Waals surface area contributed by atoms with Crippen LogP contribution in [0.5, 0.6) is 11.5 Å². The van der Waals surface area contributed by atoms with Crippen LogP contribution in [0.3, 0.4) is 0 Å². The molecule has 172 valence electrons. The van der Waals surface area contributed by atoms with Crippen molar-refractivity contribution in [2.45, 2.75) is 38.7 Å². The molecule has 4 rings (SSSR count). The van der Waals surface area contributed by atoms with Gasteiger partial charge in [0.1, 0.15) is 23.2 Å². The summed E-state index contributed by atoms with van der Waals surface area (Å²) in [5.74, 6) is 1.58. The average Bonchev–Trinajstić information content (AvgIpc) is 2.83. The molecule has 1 saturated carbocycles. The van der Waals surface area contributed by atoms with E-state index in [9.17, 15) is 9.90 Å². The maximum absolute atomic E-state index is 11.6. The number of anilines is 1. The molecule has 1 aromatic carbocycles. The molecule has 2 fully saturated rings. The maximum atomic E-state index is 11.6. The molecule has 2 heterocycles. The molecular formula is C25H32N2O5. The SMILES string of the molecule is COc1ccc(C2CN(c3cncc(OCC4CCC(C)CC4)c3)CCO2)cc1C(=O)O. The Kier molecular flexibility index (Phi) is 7.15. The van der Waals surface area contributed by atoms with Crippen LogP contribution in [0.2, 0.25) is 0 Å². The monoisotopic (exact) mass is 440 g/mol. The first kappa shape index (κ1) is 22.4. The molecule has 32 heavy (non-hydrogen) atoms. The Hall–Kier alpha value is -2.80. The molecule has 0 radical (unpaired) electrons. The van der Waals surface area contributed by atoms with E-state index in [0.29, 0.717) is 24.8 Å². The minimum absolute atomic E-state index is 0.139. The van der Waals surface area contributed by atoms with Gasteiger partial charge in [-0.25, -0.2) is 4.79 Å². The molecule has 2 aliphatic rings. The Labute approximate surface area is 189 Å². The predicted molar refractivity (Wildman–Crippen MR) is 122 cm³/mol. The highest BCUT2D eigenvalue weighted by molar-refractivity contribution is 5.91. The van der Waals surface area contributed by atoms with Crippen LogP contribution >= 0.6 is 0 Å². The van der Waals surface area contributed by atoms with Gasteiger partial charge in [-0.3, -0.25) is 4.98 Å². The third-order valence-electron chi connectivity index (χ3n) is 6.58. The Morgan fingerprint density at radius 2 is 2.03 bits per heavy atom. The first-order valence-electron chi connectivity index (χ1n) is 11.4. The number of aromatic carboxylic acids is 1. The Balaban J connectivity index is 1.42. The van der Waals surface area contributed by atoms with E-state index in [1.807, 2.05) is 18.3 Å². The van der Waals surface area contributed by atoms with Crippen molar-refractivity contribution in [1.82, 2.24) is 4.98 Å². The van der Waals surface area contributed by atoms with Gasteiger partial charge < -0.3 is 24.2 Å². The summed E-state index contributed by atoms with van der Waals surface area (Å²) in [6, 6.07) is 7.22. The number of methoxy groups -OCH3 is 1. The number of hydrogen-bond acceptors (Lipinski definition) is 6. The zero-order valence-corrected chi connectivity index (χ0v) is 18.8. The van der Waals surface area contributed by atoms with Crippen molar-refractivity contribution < 1.29 is 24.1 Å². The third kappa shape index (κ3) is 5.33. The minimum atomic E-state index is -1.02. The number of morpholine rings is 1. The van der Waals surface area contributed by atoms with Gasteiger partial charge >= 0.3 is 5.97 Å². The van der Waals surface area contributed by atoms with Crippen LogP contribution in [0.1, 0.15) is 54.6 Å². The van der Waals surface area contributed by atoms with E-state index in [1.54, 1.807) is 18.3 Å². The number of carbonyl (C=O) groups is 1. The second kappa shape index (κ2) is 10.2. The number of aromatic nitrogens is 1. The number of pyridine rings is 1. The molecule has 0 amide bonds. The van der Waals surface area contributed by atoms with Gasteiger partial charge in [0.25, 0.3) is 0 Å². The highest BCUT2D eigenvalue weighted by Gasteiger charge is 2.25. The van der Waals surface area contributed by atoms with Gasteiger partial charge in [-0.1, -0.05) is 25.8 Å². The highest BCUT2D eigenvalue weighted by Crippen LogP contribution is 2.32. The van der Waals surface area contributed by atoms with Crippen molar-refractivity contribution in [3.8, 4) is 11.5 Å². The Bertz CT molecular complexity index is 926. The van der Waals surface area contributed by atoms with Gasteiger partial charge in [-0.2, -0.15) is 0 Å². The summed E-state index contributed by atoms with van der Waals surface area (Å²) in [7, 11) is 1.47. The van der Waals surface area contributed by atoms with Crippen molar-refractivity contribution >= 4 is 11.7 Å². The summed E-state index contributed by atoms with van der Waals surface area (Å²) in [4.78, 5) is 18.2. The molecule has 1 atom stereocenters. The molecule has 1 aliphatic heterocycles.